The molecular weight excluding hydrogens is 232 g/mol. The summed E-state index contributed by atoms with van der Waals surface area (Å²) in [7, 11) is 0. The summed E-state index contributed by atoms with van der Waals surface area (Å²) in [6.45, 7) is 2.57. The van der Waals surface area contributed by atoms with Gasteiger partial charge < -0.3 is 20.8 Å². The third kappa shape index (κ3) is 3.13. The fourth-order valence-electron chi connectivity index (χ4n) is 2.14. The summed E-state index contributed by atoms with van der Waals surface area (Å²) < 4.78 is 0. The van der Waals surface area contributed by atoms with Crippen LogP contribution in [-0.2, 0) is 0 Å². The first-order chi connectivity index (χ1) is 8.66. The lowest BCUT2D eigenvalue weighted by Crippen LogP contribution is -2.38. The Morgan fingerprint density at radius 1 is 1.44 bits per heavy atom. The Morgan fingerprint density at radius 2 is 2.28 bits per heavy atom. The van der Waals surface area contributed by atoms with Gasteiger partial charge in [0.25, 0.3) is 5.91 Å². The Kier molecular flexibility index (Phi) is 4.04. The van der Waals surface area contributed by atoms with Gasteiger partial charge in [-0.05, 0) is 44.0 Å². The highest BCUT2D eigenvalue weighted by atomic mass is 16.3. The van der Waals surface area contributed by atoms with Crippen molar-refractivity contribution in [1.82, 2.24) is 10.6 Å². The van der Waals surface area contributed by atoms with Gasteiger partial charge in [0.05, 0.1) is 5.56 Å². The lowest BCUT2D eigenvalue weighted by molar-refractivity contribution is 0.0942. The standard InChI is InChI=1S/C13H18N2O3/c16-10-3-4-11(12(17)6-10)13(18)15-8-9-2-1-5-14-7-9/h3-4,6,9,14,16-17H,1-2,5,7-8H2,(H,15,18). The molecule has 18 heavy (non-hydrogen) atoms. The third-order valence-corrected chi connectivity index (χ3v) is 3.18. The largest absolute Gasteiger partial charge is 0.508 e. The smallest absolute Gasteiger partial charge is 0.255 e. The average Bonchev–Trinajstić information content (AvgIpc) is 2.37. The van der Waals surface area contributed by atoms with Crippen molar-refractivity contribution in [2.45, 2.75) is 12.8 Å². The molecular formula is C13H18N2O3. The van der Waals surface area contributed by atoms with E-state index in [9.17, 15) is 9.90 Å². The van der Waals surface area contributed by atoms with Crippen LogP contribution in [0.1, 0.15) is 23.2 Å². The minimum absolute atomic E-state index is 0.0551. The molecule has 2 rings (SSSR count). The van der Waals surface area contributed by atoms with E-state index < -0.39 is 0 Å². The topological polar surface area (TPSA) is 81.6 Å². The van der Waals surface area contributed by atoms with E-state index in [0.29, 0.717) is 12.5 Å². The van der Waals surface area contributed by atoms with E-state index in [0.717, 1.165) is 32.0 Å². The maximum absolute atomic E-state index is 11.8. The Labute approximate surface area is 106 Å². The summed E-state index contributed by atoms with van der Waals surface area (Å²) in [5.41, 5.74) is 0.191. The number of hydrogen-bond donors (Lipinski definition) is 4. The normalized spacial score (nSPS) is 19.4. The van der Waals surface area contributed by atoms with E-state index in [4.69, 9.17) is 5.11 Å². The van der Waals surface area contributed by atoms with Crippen LogP contribution in [0.2, 0.25) is 0 Å². The number of rotatable bonds is 3. The van der Waals surface area contributed by atoms with Gasteiger partial charge in [0, 0.05) is 12.6 Å². The van der Waals surface area contributed by atoms with Gasteiger partial charge in [-0.15, -0.1) is 0 Å². The predicted octanol–water partition coefficient (Wildman–Crippen LogP) is 0.827. The van der Waals surface area contributed by atoms with Crippen LogP contribution in [0.5, 0.6) is 11.5 Å². The number of hydrogen-bond acceptors (Lipinski definition) is 4. The van der Waals surface area contributed by atoms with Gasteiger partial charge in [-0.25, -0.2) is 0 Å². The molecule has 1 atom stereocenters. The maximum Gasteiger partial charge on any atom is 0.255 e. The highest BCUT2D eigenvalue weighted by Crippen LogP contribution is 2.22. The van der Waals surface area contributed by atoms with Gasteiger partial charge in [-0.3, -0.25) is 4.79 Å². The zero-order valence-corrected chi connectivity index (χ0v) is 10.1. The van der Waals surface area contributed by atoms with E-state index in [1.807, 2.05) is 0 Å². The molecule has 5 nitrogen and oxygen atoms in total. The molecule has 1 saturated heterocycles. The second-order valence-corrected chi connectivity index (χ2v) is 4.62. The highest BCUT2D eigenvalue weighted by molar-refractivity contribution is 5.96. The van der Waals surface area contributed by atoms with E-state index >= 15 is 0 Å². The quantitative estimate of drug-likeness (QED) is 0.640. The monoisotopic (exact) mass is 250 g/mol. The van der Waals surface area contributed by atoms with Gasteiger partial charge in [-0.2, -0.15) is 0 Å². The molecule has 98 valence electrons. The number of phenolic OH excluding ortho intramolecular Hbond substituents is 2. The number of amides is 1. The summed E-state index contributed by atoms with van der Waals surface area (Å²) in [5.74, 6) is -0.116. The molecule has 4 N–H and O–H groups in total. The summed E-state index contributed by atoms with van der Waals surface area (Å²) in [6.07, 6.45) is 2.24. The molecule has 0 aromatic heterocycles. The van der Waals surface area contributed by atoms with Crippen LogP contribution in [0.15, 0.2) is 18.2 Å². The van der Waals surface area contributed by atoms with Crippen molar-refractivity contribution in [3.05, 3.63) is 23.8 Å². The van der Waals surface area contributed by atoms with Crippen LogP contribution in [0.25, 0.3) is 0 Å². The second-order valence-electron chi connectivity index (χ2n) is 4.62. The van der Waals surface area contributed by atoms with Crippen LogP contribution >= 0.6 is 0 Å². The fourth-order valence-corrected chi connectivity index (χ4v) is 2.14. The molecule has 1 fully saturated rings. The molecule has 0 bridgehead atoms. The third-order valence-electron chi connectivity index (χ3n) is 3.18. The first-order valence-electron chi connectivity index (χ1n) is 6.17. The number of carbonyl (C=O) groups is 1. The second kappa shape index (κ2) is 5.73. The molecule has 1 aliphatic rings. The summed E-state index contributed by atoms with van der Waals surface area (Å²) in [4.78, 5) is 11.8. The van der Waals surface area contributed by atoms with Crippen LogP contribution in [-0.4, -0.2) is 35.8 Å². The molecule has 1 amide bonds. The van der Waals surface area contributed by atoms with Crippen LogP contribution in [0, 0.1) is 5.92 Å². The van der Waals surface area contributed by atoms with Crippen molar-refractivity contribution in [1.29, 1.82) is 0 Å². The Morgan fingerprint density at radius 3 is 2.94 bits per heavy atom. The van der Waals surface area contributed by atoms with Gasteiger partial charge >= 0.3 is 0 Å². The molecule has 1 heterocycles. The van der Waals surface area contributed by atoms with Gasteiger partial charge in [-0.1, -0.05) is 0 Å². The van der Waals surface area contributed by atoms with E-state index in [2.05, 4.69) is 10.6 Å². The fraction of sp³-hybridized carbons (Fsp3) is 0.462. The molecule has 0 saturated carbocycles. The molecule has 1 aromatic rings. The van der Waals surface area contributed by atoms with E-state index in [1.165, 1.54) is 12.1 Å². The van der Waals surface area contributed by atoms with Gasteiger partial charge in [0.2, 0.25) is 0 Å². The van der Waals surface area contributed by atoms with Crippen molar-refractivity contribution in [3.8, 4) is 11.5 Å². The first kappa shape index (κ1) is 12.7. The van der Waals surface area contributed by atoms with E-state index in [-0.39, 0.29) is 23.0 Å². The Hall–Kier alpha value is -1.75. The SMILES string of the molecule is O=C(NCC1CCCNC1)c1ccc(O)cc1O. The van der Waals surface area contributed by atoms with Crippen molar-refractivity contribution in [2.75, 3.05) is 19.6 Å². The molecule has 1 aromatic carbocycles. The average molecular weight is 250 g/mol. The maximum atomic E-state index is 11.8. The zero-order valence-electron chi connectivity index (χ0n) is 10.1. The summed E-state index contributed by atoms with van der Waals surface area (Å²) in [6, 6.07) is 3.97. The van der Waals surface area contributed by atoms with Crippen molar-refractivity contribution in [2.24, 2.45) is 5.92 Å². The van der Waals surface area contributed by atoms with Gasteiger partial charge in [0.15, 0.2) is 0 Å². The Balaban J connectivity index is 1.90. The highest BCUT2D eigenvalue weighted by Gasteiger charge is 2.16. The molecule has 1 aliphatic heterocycles. The summed E-state index contributed by atoms with van der Waals surface area (Å²) >= 11 is 0. The first-order valence-corrected chi connectivity index (χ1v) is 6.17. The summed E-state index contributed by atoms with van der Waals surface area (Å²) in [5, 5.41) is 24.8. The number of benzene rings is 1. The predicted molar refractivity (Wildman–Crippen MR) is 67.7 cm³/mol. The minimum atomic E-state index is -0.307. The van der Waals surface area contributed by atoms with Crippen molar-refractivity contribution < 1.29 is 15.0 Å². The molecule has 0 radical (unpaired) electrons. The van der Waals surface area contributed by atoms with Gasteiger partial charge in [0.1, 0.15) is 11.5 Å². The number of piperidine rings is 1. The number of aromatic hydroxyl groups is 2. The number of carbonyl (C=O) groups excluding carboxylic acids is 1. The van der Waals surface area contributed by atoms with Crippen molar-refractivity contribution in [3.63, 3.8) is 0 Å². The zero-order chi connectivity index (χ0) is 13.0. The molecule has 0 aliphatic carbocycles. The molecule has 1 unspecified atom stereocenters. The minimum Gasteiger partial charge on any atom is -0.508 e. The number of nitrogens with one attached hydrogen (secondary N) is 2. The van der Waals surface area contributed by atoms with Crippen LogP contribution in [0.4, 0.5) is 0 Å². The molecule has 0 spiro atoms. The van der Waals surface area contributed by atoms with Crippen LogP contribution in [0.3, 0.4) is 0 Å². The number of phenols is 2. The lowest BCUT2D eigenvalue weighted by Gasteiger charge is -2.22. The Bertz CT molecular complexity index is 428. The van der Waals surface area contributed by atoms with Crippen LogP contribution < -0.4 is 10.6 Å². The van der Waals surface area contributed by atoms with E-state index in [1.54, 1.807) is 0 Å². The molecule has 5 heteroatoms. The van der Waals surface area contributed by atoms with Crippen molar-refractivity contribution >= 4 is 5.91 Å². The lowest BCUT2D eigenvalue weighted by atomic mass is 9.99.